The van der Waals surface area contributed by atoms with Gasteiger partial charge in [0.2, 0.25) is 5.91 Å². The molecule has 2 amide bonds. The highest BCUT2D eigenvalue weighted by atomic mass is 16.5. The van der Waals surface area contributed by atoms with Crippen LogP contribution in [0, 0.1) is 5.92 Å². The molecule has 0 bridgehead atoms. The number of nitrogens with zero attached hydrogens (tertiary/aromatic N) is 1. The van der Waals surface area contributed by atoms with Crippen LogP contribution in [0.4, 0.5) is 5.69 Å². The number of anilines is 1. The van der Waals surface area contributed by atoms with Crippen molar-refractivity contribution in [3.63, 3.8) is 0 Å². The summed E-state index contributed by atoms with van der Waals surface area (Å²) in [4.78, 5) is 27.2. The molecule has 4 atom stereocenters. The quantitative estimate of drug-likeness (QED) is 0.473. The van der Waals surface area contributed by atoms with Gasteiger partial charge < -0.3 is 15.0 Å². The maximum Gasteiger partial charge on any atom is 0.254 e. The number of carbonyl (C=O) groups excluding carboxylic acids is 2. The number of hydrogen-bond acceptors (Lipinski definition) is 7. The van der Waals surface area contributed by atoms with Gasteiger partial charge in [0, 0.05) is 36.9 Å². The largest absolute Gasteiger partial charge is 0.378 e. The number of ether oxygens (including phenoxy) is 1. The van der Waals surface area contributed by atoms with Gasteiger partial charge in [-0.2, -0.15) is 0 Å². The first kappa shape index (κ1) is 20.9. The molecule has 3 heterocycles. The molecule has 3 saturated heterocycles. The van der Waals surface area contributed by atoms with Gasteiger partial charge in [-0.25, -0.2) is 5.43 Å². The minimum Gasteiger partial charge on any atom is -0.378 e. The summed E-state index contributed by atoms with van der Waals surface area (Å²) in [6.07, 6.45) is -0.376. The summed E-state index contributed by atoms with van der Waals surface area (Å²) < 4.78 is 5.33. The van der Waals surface area contributed by atoms with Crippen LogP contribution in [0.5, 0.6) is 0 Å². The fourth-order valence-corrected chi connectivity index (χ4v) is 4.54. The summed E-state index contributed by atoms with van der Waals surface area (Å²) in [7, 11) is 0. The maximum absolute atomic E-state index is 12.7. The van der Waals surface area contributed by atoms with Crippen LogP contribution < -0.4 is 26.8 Å². The molecule has 0 aliphatic carbocycles. The summed E-state index contributed by atoms with van der Waals surface area (Å²) >= 11 is 0. The van der Waals surface area contributed by atoms with Crippen LogP contribution in [-0.2, 0) is 9.53 Å². The van der Waals surface area contributed by atoms with Crippen LogP contribution in [0.1, 0.15) is 22.1 Å². The van der Waals surface area contributed by atoms with Gasteiger partial charge in [-0.3, -0.25) is 25.6 Å². The van der Waals surface area contributed by atoms with Crippen molar-refractivity contribution in [3.8, 4) is 0 Å². The van der Waals surface area contributed by atoms with E-state index in [0.29, 0.717) is 38.4 Å². The minimum atomic E-state index is -0.300. The van der Waals surface area contributed by atoms with Crippen LogP contribution in [-0.4, -0.2) is 61.8 Å². The smallest absolute Gasteiger partial charge is 0.254 e. The number of amides is 2. The topological polar surface area (TPSA) is 107 Å². The number of hydrazine groups is 1. The first-order valence-electron chi connectivity index (χ1n) is 11.0. The number of hydrogen-bond donors (Lipinski definition) is 5. The molecule has 3 aliphatic heterocycles. The molecule has 3 fully saturated rings. The van der Waals surface area contributed by atoms with Gasteiger partial charge in [-0.05, 0) is 29.8 Å². The van der Waals surface area contributed by atoms with Crippen LogP contribution in [0.3, 0.4) is 0 Å². The van der Waals surface area contributed by atoms with E-state index < -0.39 is 0 Å². The van der Waals surface area contributed by atoms with Gasteiger partial charge in [-0.15, -0.1) is 0 Å². The highest BCUT2D eigenvalue weighted by Crippen LogP contribution is 2.26. The third kappa shape index (κ3) is 4.33. The molecule has 0 aromatic heterocycles. The maximum atomic E-state index is 12.7. The molecule has 2 aromatic rings. The fraction of sp³-hybridized carbons (Fsp3) is 0.391. The lowest BCUT2D eigenvalue weighted by atomic mass is 9.89. The van der Waals surface area contributed by atoms with Crippen LogP contribution in [0.15, 0.2) is 54.6 Å². The Labute approximate surface area is 186 Å². The molecule has 4 unspecified atom stereocenters. The first-order valence-corrected chi connectivity index (χ1v) is 11.0. The summed E-state index contributed by atoms with van der Waals surface area (Å²) in [5.74, 6) is -0.350. The van der Waals surface area contributed by atoms with E-state index in [1.165, 1.54) is 0 Å². The molecule has 5 N–H and O–H groups in total. The molecule has 0 radical (unpaired) electrons. The Morgan fingerprint density at radius 3 is 2.50 bits per heavy atom. The summed E-state index contributed by atoms with van der Waals surface area (Å²) in [6.45, 7) is 3.02. The molecule has 0 saturated carbocycles. The van der Waals surface area contributed by atoms with Crippen LogP contribution >= 0.6 is 0 Å². The fourth-order valence-electron chi connectivity index (χ4n) is 4.54. The van der Waals surface area contributed by atoms with Gasteiger partial charge in [0.25, 0.3) is 5.91 Å². The average Bonchev–Trinajstić information content (AvgIpc) is 2.85. The van der Waals surface area contributed by atoms with Crippen LogP contribution in [0.25, 0.3) is 0 Å². The number of rotatable bonds is 4. The molecule has 0 spiro atoms. The van der Waals surface area contributed by atoms with Crippen molar-refractivity contribution in [2.75, 3.05) is 38.2 Å². The zero-order chi connectivity index (χ0) is 21.9. The van der Waals surface area contributed by atoms with Gasteiger partial charge in [-0.1, -0.05) is 30.3 Å². The molecule has 168 valence electrons. The molecule has 32 heavy (non-hydrogen) atoms. The van der Waals surface area contributed by atoms with E-state index >= 15 is 0 Å². The van der Waals surface area contributed by atoms with E-state index in [-0.39, 0.29) is 36.1 Å². The third-order valence-corrected chi connectivity index (χ3v) is 6.24. The lowest BCUT2D eigenvalue weighted by Gasteiger charge is -2.46. The zero-order valence-corrected chi connectivity index (χ0v) is 17.7. The second-order valence-electron chi connectivity index (χ2n) is 8.28. The van der Waals surface area contributed by atoms with Crippen molar-refractivity contribution in [3.05, 3.63) is 65.7 Å². The van der Waals surface area contributed by atoms with Gasteiger partial charge in [0.05, 0.1) is 31.5 Å². The second kappa shape index (κ2) is 9.25. The average molecular weight is 437 g/mol. The van der Waals surface area contributed by atoms with Crippen LogP contribution in [0.2, 0.25) is 0 Å². The number of carbonyl (C=O) groups is 2. The van der Waals surface area contributed by atoms with E-state index in [4.69, 9.17) is 4.74 Å². The van der Waals surface area contributed by atoms with E-state index in [1.54, 1.807) is 0 Å². The van der Waals surface area contributed by atoms with Crippen molar-refractivity contribution in [1.82, 2.24) is 26.4 Å². The Hall–Kier alpha value is -2.98. The molecule has 5 rings (SSSR count). The SMILES string of the molecule is O=C1NNCC2NC(c3ccccc3)NC(Nc3ccc(C(=O)N4CCOCC4)cc3)C12. The summed E-state index contributed by atoms with van der Waals surface area (Å²) in [5, 5.41) is 10.6. The molecular formula is C23H28N6O3. The third-order valence-electron chi connectivity index (χ3n) is 6.24. The van der Waals surface area contributed by atoms with E-state index in [1.807, 2.05) is 47.4 Å². The van der Waals surface area contributed by atoms with Crippen molar-refractivity contribution >= 4 is 17.5 Å². The predicted molar refractivity (Wildman–Crippen MR) is 119 cm³/mol. The zero-order valence-electron chi connectivity index (χ0n) is 17.7. The molecular weight excluding hydrogens is 408 g/mol. The Balaban J connectivity index is 1.32. The molecule has 9 heteroatoms. The van der Waals surface area contributed by atoms with Crippen molar-refractivity contribution in [2.45, 2.75) is 18.4 Å². The predicted octanol–water partition coefficient (Wildman–Crippen LogP) is 0.408. The monoisotopic (exact) mass is 436 g/mol. The standard InChI is InChI=1S/C23H28N6O3/c30-22-19-18(14-24-28-22)26-20(15-4-2-1-3-5-15)27-21(19)25-17-8-6-16(7-9-17)23(31)29-10-12-32-13-11-29/h1-9,18-21,24-27H,10-14H2,(H,28,30). The van der Waals surface area contributed by atoms with Crippen molar-refractivity contribution in [2.24, 2.45) is 5.92 Å². The van der Waals surface area contributed by atoms with Crippen molar-refractivity contribution < 1.29 is 14.3 Å². The van der Waals surface area contributed by atoms with E-state index in [2.05, 4.69) is 38.9 Å². The Morgan fingerprint density at radius 1 is 1.00 bits per heavy atom. The van der Waals surface area contributed by atoms with E-state index in [9.17, 15) is 9.59 Å². The summed E-state index contributed by atoms with van der Waals surface area (Å²) in [5.41, 5.74) is 8.32. The summed E-state index contributed by atoms with van der Waals surface area (Å²) in [6, 6.07) is 17.5. The number of nitrogens with one attached hydrogen (secondary N) is 5. The number of benzene rings is 2. The lowest BCUT2D eigenvalue weighted by molar-refractivity contribution is -0.131. The normalized spacial score (nSPS) is 27.9. The Kier molecular flexibility index (Phi) is 6.04. The first-order chi connectivity index (χ1) is 15.7. The molecule has 3 aliphatic rings. The van der Waals surface area contributed by atoms with Crippen molar-refractivity contribution in [1.29, 1.82) is 0 Å². The number of fused-ring (bicyclic) bond motifs is 1. The molecule has 9 nitrogen and oxygen atoms in total. The highest BCUT2D eigenvalue weighted by Gasteiger charge is 2.43. The second-order valence-corrected chi connectivity index (χ2v) is 8.28. The van der Waals surface area contributed by atoms with Gasteiger partial charge in [0.15, 0.2) is 0 Å². The highest BCUT2D eigenvalue weighted by molar-refractivity contribution is 5.94. The Morgan fingerprint density at radius 2 is 1.75 bits per heavy atom. The van der Waals surface area contributed by atoms with Gasteiger partial charge >= 0.3 is 0 Å². The molecule has 2 aromatic carbocycles. The minimum absolute atomic E-state index is 0.0155. The Bertz CT molecular complexity index is 948. The lowest BCUT2D eigenvalue weighted by Crippen LogP contribution is -2.71. The number of morpholine rings is 1. The van der Waals surface area contributed by atoms with E-state index in [0.717, 1.165) is 11.3 Å². The van der Waals surface area contributed by atoms with Gasteiger partial charge in [0.1, 0.15) is 0 Å².